The number of benzene rings is 2. The summed E-state index contributed by atoms with van der Waals surface area (Å²) >= 11 is 0. The number of halogens is 1. The van der Waals surface area contributed by atoms with Crippen LogP contribution in [0.25, 0.3) is 11.1 Å². The molecule has 3 aliphatic heterocycles. The van der Waals surface area contributed by atoms with Crippen molar-refractivity contribution in [3.8, 4) is 22.6 Å². The van der Waals surface area contributed by atoms with Gasteiger partial charge in [-0.15, -0.1) is 0 Å². The minimum Gasteiger partial charge on any atom is -0.485 e. The van der Waals surface area contributed by atoms with E-state index in [1.54, 1.807) is 12.3 Å². The number of fused-ring (bicyclic) bond motifs is 1. The summed E-state index contributed by atoms with van der Waals surface area (Å²) < 4.78 is 30.9. The Morgan fingerprint density at radius 2 is 1.82 bits per heavy atom. The molecule has 0 unspecified atom stereocenters. The predicted octanol–water partition coefficient (Wildman–Crippen LogP) is 4.62. The molecule has 8 nitrogen and oxygen atoms in total. The number of rotatable bonds is 6. The van der Waals surface area contributed by atoms with E-state index in [0.29, 0.717) is 34.2 Å². The molecule has 0 aliphatic carbocycles. The second-order valence-corrected chi connectivity index (χ2v) is 10.4. The van der Waals surface area contributed by atoms with Crippen LogP contribution >= 0.6 is 0 Å². The molecule has 0 saturated carbocycles. The predicted molar refractivity (Wildman–Crippen MR) is 145 cm³/mol. The Balaban J connectivity index is 1.11. The van der Waals surface area contributed by atoms with Crippen molar-refractivity contribution in [3.05, 3.63) is 71.2 Å². The number of carbonyl (C=O) groups excluding carboxylic acids is 1. The number of anilines is 1. The van der Waals surface area contributed by atoms with Crippen LogP contribution in [0.2, 0.25) is 0 Å². The van der Waals surface area contributed by atoms with Gasteiger partial charge in [0.25, 0.3) is 5.91 Å². The molecule has 0 bridgehead atoms. The SMILES string of the molecule is Nc1ncc(-c2ccc(C(=O)N3CCC(N4CCCC4)CC3)cc2)cc1OCc1cc(F)cc2c1OCOC2. The molecule has 2 fully saturated rings. The van der Waals surface area contributed by atoms with Gasteiger partial charge in [0.15, 0.2) is 18.4 Å². The van der Waals surface area contributed by atoms with Crippen LogP contribution in [0, 0.1) is 5.82 Å². The first-order valence-corrected chi connectivity index (χ1v) is 13.6. The third kappa shape index (κ3) is 5.55. The lowest BCUT2D eigenvalue weighted by Gasteiger charge is -2.36. The number of carbonyl (C=O) groups is 1. The fourth-order valence-corrected chi connectivity index (χ4v) is 5.78. The van der Waals surface area contributed by atoms with E-state index in [1.165, 1.54) is 38.1 Å². The van der Waals surface area contributed by atoms with Crippen molar-refractivity contribution < 1.29 is 23.4 Å². The summed E-state index contributed by atoms with van der Waals surface area (Å²) in [6.07, 6.45) is 6.35. The third-order valence-corrected chi connectivity index (χ3v) is 7.89. The molecule has 9 heteroatoms. The minimum absolute atomic E-state index is 0.0668. The normalized spacial score (nSPS) is 18.0. The zero-order chi connectivity index (χ0) is 26.8. The van der Waals surface area contributed by atoms with Crippen LogP contribution in [0.15, 0.2) is 48.7 Å². The van der Waals surface area contributed by atoms with Gasteiger partial charge in [0.05, 0.1) is 6.61 Å². The van der Waals surface area contributed by atoms with Crippen molar-refractivity contribution in [2.45, 2.75) is 44.9 Å². The molecule has 2 saturated heterocycles. The van der Waals surface area contributed by atoms with Crippen molar-refractivity contribution >= 4 is 11.7 Å². The number of hydrogen-bond donors (Lipinski definition) is 1. The van der Waals surface area contributed by atoms with Crippen LogP contribution in [0.4, 0.5) is 10.2 Å². The molecule has 0 spiro atoms. The molecule has 0 radical (unpaired) electrons. The van der Waals surface area contributed by atoms with Gasteiger partial charge in [-0.2, -0.15) is 0 Å². The highest BCUT2D eigenvalue weighted by Crippen LogP contribution is 2.32. The van der Waals surface area contributed by atoms with Crippen LogP contribution in [0.1, 0.15) is 47.2 Å². The average molecular weight is 533 g/mol. The molecule has 0 atom stereocenters. The monoisotopic (exact) mass is 532 g/mol. The van der Waals surface area contributed by atoms with Gasteiger partial charge in [0.2, 0.25) is 0 Å². The first kappa shape index (κ1) is 25.6. The van der Waals surface area contributed by atoms with Gasteiger partial charge < -0.3 is 29.7 Å². The standard InChI is InChI=1S/C30H33FN4O4/c31-25-13-23-17-37-19-39-28(23)24(14-25)18-38-27-15-22(16-33-29(27)32)20-3-5-21(6-4-20)30(36)35-11-7-26(8-12-35)34-9-1-2-10-34/h3-6,13-16,26H,1-2,7-12,17-19H2,(H2,32,33). The Bertz CT molecular complexity index is 1340. The molecule has 4 heterocycles. The number of likely N-dealkylation sites (tertiary alicyclic amines) is 2. The highest BCUT2D eigenvalue weighted by atomic mass is 19.1. The van der Waals surface area contributed by atoms with Gasteiger partial charge in [-0.3, -0.25) is 4.79 Å². The molecule has 1 aromatic heterocycles. The van der Waals surface area contributed by atoms with Gasteiger partial charge in [-0.25, -0.2) is 9.37 Å². The lowest BCUT2D eigenvalue weighted by molar-refractivity contribution is -0.0178. The van der Waals surface area contributed by atoms with Crippen LogP contribution in [0.5, 0.6) is 11.5 Å². The maximum atomic E-state index is 14.1. The maximum absolute atomic E-state index is 14.1. The quantitative estimate of drug-likeness (QED) is 0.496. The molecule has 2 aromatic carbocycles. The molecule has 39 heavy (non-hydrogen) atoms. The molecule has 2 N–H and O–H groups in total. The third-order valence-electron chi connectivity index (χ3n) is 7.89. The Morgan fingerprint density at radius 1 is 1.05 bits per heavy atom. The number of amides is 1. The summed E-state index contributed by atoms with van der Waals surface area (Å²) in [5.41, 5.74) is 9.67. The Labute approximate surface area is 227 Å². The van der Waals surface area contributed by atoms with Crippen LogP contribution in [0.3, 0.4) is 0 Å². The van der Waals surface area contributed by atoms with E-state index in [1.807, 2.05) is 29.2 Å². The average Bonchev–Trinajstić information content (AvgIpc) is 3.52. The van der Waals surface area contributed by atoms with Crippen molar-refractivity contribution in [1.29, 1.82) is 0 Å². The number of nitrogen functional groups attached to an aromatic ring is 1. The number of ether oxygens (including phenoxy) is 3. The molecule has 204 valence electrons. The molecule has 3 aliphatic rings. The second-order valence-electron chi connectivity index (χ2n) is 10.4. The van der Waals surface area contributed by atoms with E-state index in [0.717, 1.165) is 37.1 Å². The number of nitrogens with two attached hydrogens (primary N) is 1. The number of hydrogen-bond acceptors (Lipinski definition) is 7. The lowest BCUT2D eigenvalue weighted by Crippen LogP contribution is -2.45. The van der Waals surface area contributed by atoms with Gasteiger partial charge in [0.1, 0.15) is 18.2 Å². The first-order valence-electron chi connectivity index (χ1n) is 13.6. The number of piperidine rings is 1. The Hall–Kier alpha value is -3.69. The van der Waals surface area contributed by atoms with E-state index in [-0.39, 0.29) is 37.5 Å². The van der Waals surface area contributed by atoms with Crippen molar-refractivity contribution in [3.63, 3.8) is 0 Å². The molecule has 3 aromatic rings. The molecule has 1 amide bonds. The first-order chi connectivity index (χ1) is 19.0. The zero-order valence-electron chi connectivity index (χ0n) is 21.9. The van der Waals surface area contributed by atoms with E-state index in [9.17, 15) is 9.18 Å². The van der Waals surface area contributed by atoms with Crippen molar-refractivity contribution in [2.75, 3.05) is 38.7 Å². The number of aromatic nitrogens is 1. The van der Waals surface area contributed by atoms with Gasteiger partial charge in [-0.05, 0) is 74.7 Å². The van der Waals surface area contributed by atoms with Crippen molar-refractivity contribution in [1.82, 2.24) is 14.8 Å². The lowest BCUT2D eigenvalue weighted by atomic mass is 10.0. The van der Waals surface area contributed by atoms with Gasteiger partial charge >= 0.3 is 0 Å². The topological polar surface area (TPSA) is 90.2 Å². The largest absolute Gasteiger partial charge is 0.485 e. The van der Waals surface area contributed by atoms with Crippen LogP contribution < -0.4 is 15.2 Å². The van der Waals surface area contributed by atoms with E-state index >= 15 is 0 Å². The summed E-state index contributed by atoms with van der Waals surface area (Å²) in [5.74, 6) is 0.890. The summed E-state index contributed by atoms with van der Waals surface area (Å²) in [5, 5.41) is 0. The van der Waals surface area contributed by atoms with E-state index in [4.69, 9.17) is 19.9 Å². The molecular weight excluding hydrogens is 499 g/mol. The number of pyridine rings is 1. The number of nitrogens with zero attached hydrogens (tertiary/aromatic N) is 3. The minimum atomic E-state index is -0.383. The fourth-order valence-electron chi connectivity index (χ4n) is 5.78. The smallest absolute Gasteiger partial charge is 0.253 e. The van der Waals surface area contributed by atoms with Crippen LogP contribution in [-0.4, -0.2) is 59.7 Å². The fraction of sp³-hybridized carbons (Fsp3) is 0.400. The van der Waals surface area contributed by atoms with E-state index < -0.39 is 0 Å². The van der Waals surface area contributed by atoms with Crippen molar-refractivity contribution in [2.24, 2.45) is 0 Å². The van der Waals surface area contributed by atoms with Crippen LogP contribution in [-0.2, 0) is 18.0 Å². The Kier molecular flexibility index (Phi) is 7.34. The highest BCUT2D eigenvalue weighted by molar-refractivity contribution is 5.94. The highest BCUT2D eigenvalue weighted by Gasteiger charge is 2.28. The molecule has 6 rings (SSSR count). The summed E-state index contributed by atoms with van der Waals surface area (Å²) in [4.78, 5) is 22.0. The van der Waals surface area contributed by atoms with E-state index in [2.05, 4.69) is 9.88 Å². The summed E-state index contributed by atoms with van der Waals surface area (Å²) in [7, 11) is 0. The maximum Gasteiger partial charge on any atom is 0.253 e. The van der Waals surface area contributed by atoms with Gasteiger partial charge in [-0.1, -0.05) is 12.1 Å². The molecular formula is C30H33FN4O4. The van der Waals surface area contributed by atoms with Gasteiger partial charge in [0, 0.05) is 47.6 Å². The Morgan fingerprint density at radius 3 is 2.59 bits per heavy atom. The zero-order valence-corrected chi connectivity index (χ0v) is 21.9. The second kappa shape index (κ2) is 11.2. The summed E-state index contributed by atoms with van der Waals surface area (Å²) in [6.45, 7) is 4.47. The summed E-state index contributed by atoms with van der Waals surface area (Å²) in [6, 6.07) is 12.8.